The molecule has 7 heteroatoms. The van der Waals surface area contributed by atoms with Crippen LogP contribution >= 0.6 is 0 Å². The Balaban J connectivity index is 2.12. The predicted molar refractivity (Wildman–Crippen MR) is 69.5 cm³/mol. The molecule has 1 heterocycles. The monoisotopic (exact) mass is 275 g/mol. The average molecular weight is 275 g/mol. The van der Waals surface area contributed by atoms with Crippen LogP contribution in [-0.4, -0.2) is 32.4 Å². The van der Waals surface area contributed by atoms with Gasteiger partial charge >= 0.3 is 0 Å². The van der Waals surface area contributed by atoms with Crippen molar-refractivity contribution in [2.45, 2.75) is 32.7 Å². The lowest BCUT2D eigenvalue weighted by Gasteiger charge is -2.05. The SMILES string of the molecule is CCCNCCCCS(=O)(=O)NCc1ccon1. The molecule has 0 saturated heterocycles. The van der Waals surface area contributed by atoms with E-state index in [0.29, 0.717) is 12.1 Å². The second kappa shape index (κ2) is 8.23. The van der Waals surface area contributed by atoms with E-state index >= 15 is 0 Å². The molecule has 0 spiro atoms. The Labute approximate surface area is 108 Å². The summed E-state index contributed by atoms with van der Waals surface area (Å²) in [6, 6.07) is 1.64. The van der Waals surface area contributed by atoms with Crippen molar-refractivity contribution in [1.82, 2.24) is 15.2 Å². The highest BCUT2D eigenvalue weighted by atomic mass is 32.2. The van der Waals surface area contributed by atoms with Gasteiger partial charge in [0.25, 0.3) is 0 Å². The lowest BCUT2D eigenvalue weighted by atomic mass is 10.3. The highest BCUT2D eigenvalue weighted by Gasteiger charge is 2.10. The molecule has 1 rings (SSSR count). The molecule has 0 atom stereocenters. The van der Waals surface area contributed by atoms with Gasteiger partial charge in [-0.2, -0.15) is 0 Å². The molecule has 1 aromatic heterocycles. The van der Waals surface area contributed by atoms with Crippen molar-refractivity contribution in [3.8, 4) is 0 Å². The van der Waals surface area contributed by atoms with Gasteiger partial charge in [0, 0.05) is 6.07 Å². The van der Waals surface area contributed by atoms with Crippen molar-refractivity contribution in [3.63, 3.8) is 0 Å². The van der Waals surface area contributed by atoms with E-state index in [4.69, 9.17) is 0 Å². The van der Waals surface area contributed by atoms with Crippen LogP contribution in [0.5, 0.6) is 0 Å². The van der Waals surface area contributed by atoms with Crippen LogP contribution in [0.2, 0.25) is 0 Å². The zero-order valence-corrected chi connectivity index (χ0v) is 11.5. The van der Waals surface area contributed by atoms with E-state index in [1.54, 1.807) is 6.07 Å². The van der Waals surface area contributed by atoms with E-state index in [1.807, 2.05) is 0 Å². The van der Waals surface area contributed by atoms with E-state index in [9.17, 15) is 8.42 Å². The van der Waals surface area contributed by atoms with Crippen LogP contribution in [0.4, 0.5) is 0 Å². The van der Waals surface area contributed by atoms with E-state index < -0.39 is 10.0 Å². The van der Waals surface area contributed by atoms with Gasteiger partial charge in [0.15, 0.2) is 0 Å². The van der Waals surface area contributed by atoms with E-state index in [0.717, 1.165) is 25.9 Å². The topological polar surface area (TPSA) is 84.2 Å². The van der Waals surface area contributed by atoms with Crippen LogP contribution in [0.15, 0.2) is 16.9 Å². The minimum atomic E-state index is -3.21. The number of nitrogens with one attached hydrogen (secondary N) is 2. The van der Waals surface area contributed by atoms with E-state index in [-0.39, 0.29) is 12.3 Å². The number of sulfonamides is 1. The Kier molecular flexibility index (Phi) is 6.92. The van der Waals surface area contributed by atoms with Gasteiger partial charge in [-0.3, -0.25) is 0 Å². The van der Waals surface area contributed by atoms with Gasteiger partial charge in [-0.05, 0) is 32.4 Å². The van der Waals surface area contributed by atoms with Crippen molar-refractivity contribution in [2.75, 3.05) is 18.8 Å². The molecule has 0 saturated carbocycles. The first-order valence-corrected chi connectivity index (χ1v) is 7.86. The first-order valence-electron chi connectivity index (χ1n) is 6.21. The summed E-state index contributed by atoms with van der Waals surface area (Å²) in [6.45, 7) is 4.14. The largest absolute Gasteiger partial charge is 0.364 e. The van der Waals surface area contributed by atoms with E-state index in [2.05, 4.69) is 26.6 Å². The van der Waals surface area contributed by atoms with Crippen molar-refractivity contribution in [3.05, 3.63) is 18.0 Å². The molecule has 0 aliphatic heterocycles. The van der Waals surface area contributed by atoms with Gasteiger partial charge in [0.2, 0.25) is 10.0 Å². The maximum atomic E-state index is 11.6. The van der Waals surface area contributed by atoms with Gasteiger partial charge in [-0.25, -0.2) is 13.1 Å². The number of unbranched alkanes of at least 4 members (excludes halogenated alkanes) is 1. The van der Waals surface area contributed by atoms with Crippen LogP contribution in [0, 0.1) is 0 Å². The third-order valence-corrected chi connectivity index (χ3v) is 3.82. The molecule has 0 unspecified atom stereocenters. The zero-order valence-electron chi connectivity index (χ0n) is 10.7. The number of nitrogens with zero attached hydrogens (tertiary/aromatic N) is 1. The molecule has 0 fully saturated rings. The second-order valence-corrected chi connectivity index (χ2v) is 6.01. The van der Waals surface area contributed by atoms with Crippen molar-refractivity contribution in [2.24, 2.45) is 0 Å². The smallest absolute Gasteiger partial charge is 0.211 e. The summed E-state index contributed by atoms with van der Waals surface area (Å²) in [4.78, 5) is 0. The van der Waals surface area contributed by atoms with Gasteiger partial charge in [0.1, 0.15) is 6.26 Å². The molecule has 0 bridgehead atoms. The minimum Gasteiger partial charge on any atom is -0.364 e. The Morgan fingerprint density at radius 3 is 2.83 bits per heavy atom. The maximum absolute atomic E-state index is 11.6. The standard InChI is InChI=1S/C11H21N3O3S/c1-2-6-12-7-3-4-9-18(15,16)13-10-11-5-8-17-14-11/h5,8,12-13H,2-4,6-7,9-10H2,1H3. The molecule has 6 nitrogen and oxygen atoms in total. The number of hydrogen-bond donors (Lipinski definition) is 2. The van der Waals surface area contributed by atoms with Gasteiger partial charge in [-0.15, -0.1) is 0 Å². The number of rotatable bonds is 10. The molecule has 0 aliphatic carbocycles. The summed E-state index contributed by atoms with van der Waals surface area (Å²) in [5, 5.41) is 6.88. The van der Waals surface area contributed by atoms with Crippen LogP contribution in [0.3, 0.4) is 0 Å². The number of hydrogen-bond acceptors (Lipinski definition) is 5. The molecule has 1 aromatic rings. The second-order valence-electron chi connectivity index (χ2n) is 4.09. The summed E-state index contributed by atoms with van der Waals surface area (Å²) in [7, 11) is -3.21. The summed E-state index contributed by atoms with van der Waals surface area (Å²) in [5.41, 5.74) is 0.586. The molecule has 0 amide bonds. The van der Waals surface area contributed by atoms with Crippen LogP contribution in [0.25, 0.3) is 0 Å². The molecule has 0 aliphatic rings. The van der Waals surface area contributed by atoms with Crippen LogP contribution in [-0.2, 0) is 16.6 Å². The fraction of sp³-hybridized carbons (Fsp3) is 0.727. The summed E-state index contributed by atoms with van der Waals surface area (Å²) in [5.74, 6) is 0.151. The highest BCUT2D eigenvalue weighted by Crippen LogP contribution is 1.98. The fourth-order valence-electron chi connectivity index (χ4n) is 1.43. The highest BCUT2D eigenvalue weighted by molar-refractivity contribution is 7.89. The lowest BCUT2D eigenvalue weighted by molar-refractivity contribution is 0.411. The van der Waals surface area contributed by atoms with E-state index in [1.165, 1.54) is 6.26 Å². The zero-order chi connectivity index (χ0) is 13.3. The van der Waals surface area contributed by atoms with Crippen molar-refractivity contribution >= 4 is 10.0 Å². The summed E-state index contributed by atoms with van der Waals surface area (Å²) in [6.07, 6.45) is 4.04. The first-order chi connectivity index (χ1) is 8.64. The molecule has 104 valence electrons. The summed E-state index contributed by atoms with van der Waals surface area (Å²) >= 11 is 0. The number of aromatic nitrogens is 1. The fourth-order valence-corrected chi connectivity index (χ4v) is 2.52. The molecule has 2 N–H and O–H groups in total. The molecule has 0 aromatic carbocycles. The van der Waals surface area contributed by atoms with Crippen molar-refractivity contribution in [1.29, 1.82) is 0 Å². The Morgan fingerprint density at radius 2 is 2.17 bits per heavy atom. The molecular weight excluding hydrogens is 254 g/mol. The third kappa shape index (κ3) is 6.73. The Bertz CT molecular complexity index is 403. The molecular formula is C11H21N3O3S. The van der Waals surface area contributed by atoms with Crippen LogP contribution < -0.4 is 10.0 Å². The predicted octanol–water partition coefficient (Wildman–Crippen LogP) is 0.874. The van der Waals surface area contributed by atoms with Crippen LogP contribution in [0.1, 0.15) is 31.9 Å². The normalized spacial score (nSPS) is 11.8. The average Bonchev–Trinajstić information content (AvgIpc) is 2.84. The quantitative estimate of drug-likeness (QED) is 0.619. The van der Waals surface area contributed by atoms with Gasteiger partial charge in [-0.1, -0.05) is 12.1 Å². The Hall–Kier alpha value is -0.920. The lowest BCUT2D eigenvalue weighted by Crippen LogP contribution is -2.26. The summed E-state index contributed by atoms with van der Waals surface area (Å²) < 4.78 is 30.4. The van der Waals surface area contributed by atoms with Gasteiger partial charge in [0.05, 0.1) is 18.0 Å². The first kappa shape index (κ1) is 15.1. The minimum absolute atomic E-state index is 0.151. The van der Waals surface area contributed by atoms with Gasteiger partial charge < -0.3 is 9.84 Å². The maximum Gasteiger partial charge on any atom is 0.211 e. The van der Waals surface area contributed by atoms with Crippen molar-refractivity contribution < 1.29 is 12.9 Å². The Morgan fingerprint density at radius 1 is 1.33 bits per heavy atom. The molecule has 18 heavy (non-hydrogen) atoms. The third-order valence-electron chi connectivity index (χ3n) is 2.41. The molecule has 0 radical (unpaired) electrons.